The van der Waals surface area contributed by atoms with E-state index in [1.54, 1.807) is 7.11 Å². The lowest BCUT2D eigenvalue weighted by atomic mass is 9.89. The van der Waals surface area contributed by atoms with Gasteiger partial charge in [0.15, 0.2) is 0 Å². The summed E-state index contributed by atoms with van der Waals surface area (Å²) in [6.07, 6.45) is 1.94. The van der Waals surface area contributed by atoms with Crippen molar-refractivity contribution in [1.82, 2.24) is 5.32 Å². The third kappa shape index (κ3) is 4.18. The molecule has 2 aromatic rings. The maximum atomic E-state index is 12.5. The van der Waals surface area contributed by atoms with Gasteiger partial charge in [-0.3, -0.25) is 4.79 Å². The molecular formula is C22H27NO3. The highest BCUT2D eigenvalue weighted by Crippen LogP contribution is 2.39. The molecule has 1 heterocycles. The lowest BCUT2D eigenvalue weighted by molar-refractivity contribution is -0.122. The minimum atomic E-state index is -0.292. The van der Waals surface area contributed by atoms with E-state index in [-0.39, 0.29) is 17.6 Å². The molecule has 1 atom stereocenters. The van der Waals surface area contributed by atoms with E-state index in [4.69, 9.17) is 9.47 Å². The predicted octanol–water partition coefficient (Wildman–Crippen LogP) is 4.35. The lowest BCUT2D eigenvalue weighted by Crippen LogP contribution is -2.41. The predicted molar refractivity (Wildman–Crippen MR) is 103 cm³/mol. The number of rotatable bonds is 5. The molecule has 1 amide bonds. The monoisotopic (exact) mass is 353 g/mol. The molecule has 0 aliphatic carbocycles. The second-order valence-corrected chi connectivity index (χ2v) is 7.53. The Labute approximate surface area is 155 Å². The smallest absolute Gasteiger partial charge is 0.220 e. The van der Waals surface area contributed by atoms with Gasteiger partial charge in [0.25, 0.3) is 0 Å². The molecule has 0 radical (unpaired) electrons. The van der Waals surface area contributed by atoms with Gasteiger partial charge in [-0.2, -0.15) is 0 Å². The van der Waals surface area contributed by atoms with Gasteiger partial charge < -0.3 is 14.8 Å². The minimum absolute atomic E-state index is 0.0138. The zero-order chi connectivity index (χ0) is 18.7. The number of aryl methyl sites for hydroxylation is 2. The van der Waals surface area contributed by atoms with Crippen LogP contribution in [0.3, 0.4) is 0 Å². The van der Waals surface area contributed by atoms with Crippen molar-refractivity contribution in [2.24, 2.45) is 0 Å². The van der Waals surface area contributed by atoms with Crippen LogP contribution in [0.15, 0.2) is 42.5 Å². The largest absolute Gasteiger partial charge is 0.496 e. The number of fused-ring (bicyclic) bond motifs is 1. The van der Waals surface area contributed by atoms with Gasteiger partial charge in [0.2, 0.25) is 5.91 Å². The van der Waals surface area contributed by atoms with Gasteiger partial charge in [-0.25, -0.2) is 0 Å². The summed E-state index contributed by atoms with van der Waals surface area (Å²) in [6.45, 7) is 6.13. The van der Waals surface area contributed by atoms with Crippen LogP contribution in [0.2, 0.25) is 0 Å². The normalized spacial score (nSPS) is 17.8. The van der Waals surface area contributed by atoms with Gasteiger partial charge >= 0.3 is 0 Å². The van der Waals surface area contributed by atoms with Crippen molar-refractivity contribution in [3.05, 3.63) is 59.2 Å². The summed E-state index contributed by atoms with van der Waals surface area (Å²) in [6, 6.07) is 14.0. The Morgan fingerprint density at radius 1 is 1.27 bits per heavy atom. The number of hydrogen-bond acceptors (Lipinski definition) is 3. The zero-order valence-electron chi connectivity index (χ0n) is 16.0. The van der Waals surface area contributed by atoms with E-state index in [0.717, 1.165) is 34.6 Å². The minimum Gasteiger partial charge on any atom is -0.496 e. The number of para-hydroxylation sites is 1. The molecule has 1 unspecified atom stereocenters. The van der Waals surface area contributed by atoms with Crippen LogP contribution in [0.25, 0.3) is 0 Å². The Kier molecular flexibility index (Phi) is 5.21. The molecule has 1 aliphatic rings. The first kappa shape index (κ1) is 18.3. The summed E-state index contributed by atoms with van der Waals surface area (Å²) in [5.74, 6) is 1.80. The topological polar surface area (TPSA) is 47.6 Å². The molecule has 1 aliphatic heterocycles. The zero-order valence-corrected chi connectivity index (χ0v) is 16.0. The number of hydrogen-bond donors (Lipinski definition) is 1. The highest BCUT2D eigenvalue weighted by atomic mass is 16.5. The number of carbonyl (C=O) groups excluding carboxylic acids is 1. The molecule has 0 fully saturated rings. The third-order valence-corrected chi connectivity index (χ3v) is 4.81. The molecule has 3 rings (SSSR count). The van der Waals surface area contributed by atoms with Gasteiger partial charge in [-0.15, -0.1) is 0 Å². The van der Waals surface area contributed by atoms with E-state index >= 15 is 0 Å². The molecule has 1 N–H and O–H groups in total. The Hall–Kier alpha value is -2.49. The fourth-order valence-electron chi connectivity index (χ4n) is 3.55. The van der Waals surface area contributed by atoms with Gasteiger partial charge in [-0.1, -0.05) is 30.3 Å². The van der Waals surface area contributed by atoms with Crippen LogP contribution < -0.4 is 14.8 Å². The van der Waals surface area contributed by atoms with Gasteiger partial charge in [0.05, 0.1) is 13.2 Å². The van der Waals surface area contributed by atoms with Crippen LogP contribution in [0.4, 0.5) is 0 Å². The van der Waals surface area contributed by atoms with E-state index in [0.29, 0.717) is 12.8 Å². The summed E-state index contributed by atoms with van der Waals surface area (Å²) in [5, 5.41) is 3.19. The van der Waals surface area contributed by atoms with Crippen molar-refractivity contribution >= 4 is 5.91 Å². The van der Waals surface area contributed by atoms with Crippen molar-refractivity contribution in [3.8, 4) is 11.5 Å². The molecule has 4 heteroatoms. The number of ether oxygens (including phenoxy) is 2. The quantitative estimate of drug-likeness (QED) is 0.869. The third-order valence-electron chi connectivity index (χ3n) is 4.81. The van der Waals surface area contributed by atoms with E-state index in [1.807, 2.05) is 43.3 Å². The van der Waals surface area contributed by atoms with Gasteiger partial charge in [0, 0.05) is 18.4 Å². The SMILES string of the molecule is COc1ccc(CCC(=O)NC2CC(C)(C)Oc3ccccc32)cc1C. The average molecular weight is 353 g/mol. The van der Waals surface area contributed by atoms with Crippen molar-refractivity contribution in [2.45, 2.75) is 51.7 Å². The molecule has 0 aromatic heterocycles. The molecular weight excluding hydrogens is 326 g/mol. The average Bonchev–Trinajstić information content (AvgIpc) is 2.59. The fourth-order valence-corrected chi connectivity index (χ4v) is 3.55. The Bertz CT molecular complexity index is 798. The summed E-state index contributed by atoms with van der Waals surface area (Å²) >= 11 is 0. The number of carbonyl (C=O) groups is 1. The Balaban J connectivity index is 1.64. The molecule has 26 heavy (non-hydrogen) atoms. The lowest BCUT2D eigenvalue weighted by Gasteiger charge is -2.37. The molecule has 0 spiro atoms. The maximum absolute atomic E-state index is 12.5. The fraction of sp³-hybridized carbons (Fsp3) is 0.409. The molecule has 0 saturated carbocycles. The van der Waals surface area contributed by atoms with Gasteiger partial charge in [-0.05, 0) is 50.5 Å². The van der Waals surface area contributed by atoms with E-state index < -0.39 is 0 Å². The molecule has 0 bridgehead atoms. The molecule has 0 saturated heterocycles. The number of methoxy groups -OCH3 is 1. The van der Waals surface area contributed by atoms with Crippen LogP contribution in [0, 0.1) is 6.92 Å². The first-order chi connectivity index (χ1) is 12.4. The standard InChI is InChI=1S/C22H27NO3/c1-15-13-16(9-11-19(15)25-4)10-12-21(24)23-18-14-22(2,3)26-20-8-6-5-7-17(18)20/h5-9,11,13,18H,10,12,14H2,1-4H3,(H,23,24). The van der Waals surface area contributed by atoms with Crippen molar-refractivity contribution < 1.29 is 14.3 Å². The summed E-state index contributed by atoms with van der Waals surface area (Å²) < 4.78 is 11.3. The van der Waals surface area contributed by atoms with E-state index in [1.165, 1.54) is 0 Å². The summed E-state index contributed by atoms with van der Waals surface area (Å²) in [7, 11) is 1.67. The van der Waals surface area contributed by atoms with Crippen molar-refractivity contribution in [2.75, 3.05) is 7.11 Å². The van der Waals surface area contributed by atoms with Crippen molar-refractivity contribution in [3.63, 3.8) is 0 Å². The van der Waals surface area contributed by atoms with Gasteiger partial charge in [0.1, 0.15) is 17.1 Å². The summed E-state index contributed by atoms with van der Waals surface area (Å²) in [5.41, 5.74) is 3.00. The molecule has 138 valence electrons. The van der Waals surface area contributed by atoms with Crippen LogP contribution in [-0.2, 0) is 11.2 Å². The first-order valence-corrected chi connectivity index (χ1v) is 9.09. The van der Waals surface area contributed by atoms with Crippen molar-refractivity contribution in [1.29, 1.82) is 0 Å². The number of benzene rings is 2. The van der Waals surface area contributed by atoms with E-state index in [9.17, 15) is 4.79 Å². The Morgan fingerprint density at radius 3 is 2.77 bits per heavy atom. The molecule has 4 nitrogen and oxygen atoms in total. The highest BCUT2D eigenvalue weighted by Gasteiger charge is 2.34. The second kappa shape index (κ2) is 7.40. The maximum Gasteiger partial charge on any atom is 0.220 e. The molecule has 2 aromatic carbocycles. The first-order valence-electron chi connectivity index (χ1n) is 9.09. The highest BCUT2D eigenvalue weighted by molar-refractivity contribution is 5.77. The number of amides is 1. The number of nitrogens with one attached hydrogen (secondary N) is 1. The van der Waals surface area contributed by atoms with Crippen LogP contribution in [-0.4, -0.2) is 18.6 Å². The van der Waals surface area contributed by atoms with Crippen LogP contribution in [0.1, 0.15) is 49.4 Å². The van der Waals surface area contributed by atoms with E-state index in [2.05, 4.69) is 25.2 Å². The van der Waals surface area contributed by atoms with Crippen LogP contribution in [0.5, 0.6) is 11.5 Å². The van der Waals surface area contributed by atoms with Crippen LogP contribution >= 0.6 is 0 Å². The second-order valence-electron chi connectivity index (χ2n) is 7.53. The Morgan fingerprint density at radius 2 is 2.04 bits per heavy atom. The summed E-state index contributed by atoms with van der Waals surface area (Å²) in [4.78, 5) is 12.5.